The predicted octanol–water partition coefficient (Wildman–Crippen LogP) is 5.69. The highest BCUT2D eigenvalue weighted by Gasteiger charge is 2.15. The number of hydrogen-bond acceptors (Lipinski definition) is 2. The van der Waals surface area contributed by atoms with Crippen LogP contribution in [-0.2, 0) is 0 Å². The summed E-state index contributed by atoms with van der Waals surface area (Å²) in [7, 11) is 4.17. The maximum Gasteiger partial charge on any atom is 0.0159 e. The van der Waals surface area contributed by atoms with E-state index in [2.05, 4.69) is 42.0 Å². The highest BCUT2D eigenvalue weighted by molar-refractivity contribution is 8.77. The summed E-state index contributed by atoms with van der Waals surface area (Å²) in [5.41, 5.74) is 1.47. The molecule has 0 bridgehead atoms. The number of unbranched alkanes of at least 4 members (excludes halogenated alkanes) is 1. The average Bonchev–Trinajstić information content (AvgIpc) is 2.77. The van der Waals surface area contributed by atoms with Gasteiger partial charge in [-0.05, 0) is 38.0 Å². The van der Waals surface area contributed by atoms with Crippen molar-refractivity contribution in [3.05, 3.63) is 12.2 Å². The molecule has 1 heterocycles. The van der Waals surface area contributed by atoms with Gasteiger partial charge in [0.05, 0.1) is 0 Å². The smallest absolute Gasteiger partial charge is 0.0159 e. The summed E-state index contributed by atoms with van der Waals surface area (Å²) in [6.07, 6.45) is 9.40. The lowest BCUT2D eigenvalue weighted by atomic mass is 9.96. The maximum atomic E-state index is 4.20. The molecule has 0 aromatic rings. The first-order valence-electron chi connectivity index (χ1n) is 6.67. The first-order chi connectivity index (χ1) is 7.72. The van der Waals surface area contributed by atoms with Gasteiger partial charge in [-0.25, -0.2) is 0 Å². The molecule has 1 rings (SSSR count). The van der Waals surface area contributed by atoms with Crippen LogP contribution in [-0.4, -0.2) is 11.0 Å². The van der Waals surface area contributed by atoms with Gasteiger partial charge in [0, 0.05) is 11.0 Å². The normalized spacial score (nSPS) is 22.2. The minimum Gasteiger partial charge on any atom is -0.0999 e. The Labute approximate surface area is 109 Å². The molecule has 0 aromatic heterocycles. The Kier molecular flexibility index (Phi) is 7.72. The zero-order valence-electron chi connectivity index (χ0n) is 10.8. The first-order valence-corrected chi connectivity index (χ1v) is 9.05. The van der Waals surface area contributed by atoms with Crippen LogP contribution in [0.1, 0.15) is 58.8 Å². The Hall–Kier alpha value is 0.440. The standard InChI is InChI=1S/C14H26S2/c1-4-12(2)11-13(3)7-5-6-8-14-9-10-15-16-14/h12,14H,3-11H2,1-2H3. The van der Waals surface area contributed by atoms with Crippen LogP contribution in [0.4, 0.5) is 0 Å². The fraction of sp³-hybridized carbons (Fsp3) is 0.857. The van der Waals surface area contributed by atoms with Crippen molar-refractivity contribution in [2.75, 3.05) is 5.75 Å². The lowest BCUT2D eigenvalue weighted by Gasteiger charge is -2.11. The van der Waals surface area contributed by atoms with E-state index in [9.17, 15) is 0 Å². The molecule has 2 heteroatoms. The highest BCUT2D eigenvalue weighted by atomic mass is 33.1. The van der Waals surface area contributed by atoms with E-state index in [1.807, 2.05) is 0 Å². The van der Waals surface area contributed by atoms with Crippen LogP contribution >= 0.6 is 21.6 Å². The largest absolute Gasteiger partial charge is 0.0999 e. The van der Waals surface area contributed by atoms with Crippen molar-refractivity contribution in [1.29, 1.82) is 0 Å². The Morgan fingerprint density at radius 1 is 1.44 bits per heavy atom. The SMILES string of the molecule is C=C(CCCCC1CCSS1)CC(C)CC. The zero-order valence-corrected chi connectivity index (χ0v) is 12.5. The fourth-order valence-corrected chi connectivity index (χ4v) is 5.08. The summed E-state index contributed by atoms with van der Waals surface area (Å²) in [4.78, 5) is 0. The monoisotopic (exact) mass is 258 g/mol. The Balaban J connectivity index is 1.95. The average molecular weight is 258 g/mol. The van der Waals surface area contributed by atoms with Crippen molar-refractivity contribution in [3.8, 4) is 0 Å². The summed E-state index contributed by atoms with van der Waals surface area (Å²) in [6, 6.07) is 0. The summed E-state index contributed by atoms with van der Waals surface area (Å²) in [5.74, 6) is 2.20. The first kappa shape index (κ1) is 14.5. The van der Waals surface area contributed by atoms with Gasteiger partial charge in [-0.3, -0.25) is 0 Å². The molecule has 1 fully saturated rings. The van der Waals surface area contributed by atoms with Crippen molar-refractivity contribution >= 4 is 21.6 Å². The lowest BCUT2D eigenvalue weighted by Crippen LogP contribution is -1.98. The quantitative estimate of drug-likeness (QED) is 0.311. The number of allylic oxidation sites excluding steroid dienone is 1. The molecular weight excluding hydrogens is 232 g/mol. The lowest BCUT2D eigenvalue weighted by molar-refractivity contribution is 0.539. The van der Waals surface area contributed by atoms with Crippen molar-refractivity contribution in [2.24, 2.45) is 5.92 Å². The molecule has 2 atom stereocenters. The van der Waals surface area contributed by atoms with E-state index in [0.29, 0.717) is 0 Å². The van der Waals surface area contributed by atoms with Gasteiger partial charge < -0.3 is 0 Å². The van der Waals surface area contributed by atoms with E-state index in [-0.39, 0.29) is 0 Å². The molecule has 1 aliphatic heterocycles. The van der Waals surface area contributed by atoms with Gasteiger partial charge in [-0.2, -0.15) is 0 Å². The van der Waals surface area contributed by atoms with Crippen LogP contribution in [0.15, 0.2) is 12.2 Å². The second-order valence-electron chi connectivity index (χ2n) is 5.04. The molecule has 0 spiro atoms. The molecule has 1 saturated heterocycles. The van der Waals surface area contributed by atoms with Crippen molar-refractivity contribution < 1.29 is 0 Å². The molecule has 16 heavy (non-hydrogen) atoms. The zero-order chi connectivity index (χ0) is 11.8. The molecule has 0 radical (unpaired) electrons. The van der Waals surface area contributed by atoms with Crippen molar-refractivity contribution in [3.63, 3.8) is 0 Å². The van der Waals surface area contributed by atoms with Gasteiger partial charge in [0.1, 0.15) is 0 Å². The Morgan fingerprint density at radius 2 is 2.25 bits per heavy atom. The molecule has 0 saturated carbocycles. The predicted molar refractivity (Wildman–Crippen MR) is 80.1 cm³/mol. The molecule has 0 N–H and O–H groups in total. The molecule has 1 aliphatic rings. The van der Waals surface area contributed by atoms with Crippen LogP contribution in [0.25, 0.3) is 0 Å². The fourth-order valence-electron chi connectivity index (χ4n) is 2.05. The van der Waals surface area contributed by atoms with Crippen molar-refractivity contribution in [1.82, 2.24) is 0 Å². The van der Waals surface area contributed by atoms with Crippen molar-refractivity contribution in [2.45, 2.75) is 64.0 Å². The second-order valence-corrected chi connectivity index (χ2v) is 7.83. The van der Waals surface area contributed by atoms with E-state index >= 15 is 0 Å². The molecule has 0 amide bonds. The van der Waals surface area contributed by atoms with E-state index in [1.165, 1.54) is 56.3 Å². The van der Waals surface area contributed by atoms with Gasteiger partial charge in [0.15, 0.2) is 0 Å². The minimum absolute atomic E-state index is 0.828. The van der Waals surface area contributed by atoms with Gasteiger partial charge in [0.25, 0.3) is 0 Å². The summed E-state index contributed by atoms with van der Waals surface area (Å²) >= 11 is 0. The third-order valence-corrected chi connectivity index (χ3v) is 6.37. The van der Waals surface area contributed by atoms with Gasteiger partial charge in [-0.1, -0.05) is 60.4 Å². The molecule has 94 valence electrons. The number of rotatable bonds is 8. The van der Waals surface area contributed by atoms with Crippen LogP contribution < -0.4 is 0 Å². The highest BCUT2D eigenvalue weighted by Crippen LogP contribution is 2.40. The minimum atomic E-state index is 0.828. The third-order valence-electron chi connectivity index (χ3n) is 3.37. The Morgan fingerprint density at radius 3 is 2.88 bits per heavy atom. The van der Waals surface area contributed by atoms with E-state index in [0.717, 1.165) is 11.2 Å². The molecule has 0 nitrogen and oxygen atoms in total. The van der Waals surface area contributed by atoms with Crippen LogP contribution in [0.5, 0.6) is 0 Å². The van der Waals surface area contributed by atoms with E-state index in [4.69, 9.17) is 0 Å². The summed E-state index contributed by atoms with van der Waals surface area (Å²) in [5, 5.41) is 0.952. The summed E-state index contributed by atoms with van der Waals surface area (Å²) < 4.78 is 0. The van der Waals surface area contributed by atoms with E-state index < -0.39 is 0 Å². The Bertz CT molecular complexity index is 195. The van der Waals surface area contributed by atoms with Gasteiger partial charge in [-0.15, -0.1) is 0 Å². The molecular formula is C14H26S2. The van der Waals surface area contributed by atoms with Crippen LogP contribution in [0.2, 0.25) is 0 Å². The van der Waals surface area contributed by atoms with Gasteiger partial charge >= 0.3 is 0 Å². The molecule has 2 unspecified atom stereocenters. The summed E-state index contributed by atoms with van der Waals surface area (Å²) in [6.45, 7) is 8.80. The van der Waals surface area contributed by atoms with Crippen LogP contribution in [0, 0.1) is 5.92 Å². The topological polar surface area (TPSA) is 0 Å². The van der Waals surface area contributed by atoms with E-state index in [1.54, 1.807) is 0 Å². The molecule has 0 aromatic carbocycles. The van der Waals surface area contributed by atoms with Crippen LogP contribution in [0.3, 0.4) is 0 Å². The maximum absolute atomic E-state index is 4.20. The molecule has 0 aliphatic carbocycles. The number of hydrogen-bond donors (Lipinski definition) is 0. The van der Waals surface area contributed by atoms with Gasteiger partial charge in [0.2, 0.25) is 0 Å². The second kappa shape index (κ2) is 8.52. The third kappa shape index (κ3) is 6.24.